The maximum Gasteiger partial charge on any atom is 0.410 e. The topological polar surface area (TPSA) is 148 Å². The number of anilines is 5. The van der Waals surface area contributed by atoms with Crippen LogP contribution in [0.2, 0.25) is 0 Å². The van der Waals surface area contributed by atoms with Crippen molar-refractivity contribution in [1.29, 1.82) is 0 Å². The van der Waals surface area contributed by atoms with Crippen LogP contribution in [-0.2, 0) is 11.3 Å². The van der Waals surface area contributed by atoms with Gasteiger partial charge in [0.1, 0.15) is 23.2 Å². The van der Waals surface area contributed by atoms with Gasteiger partial charge in [-0.2, -0.15) is 22.8 Å². The Balaban J connectivity index is 0.00000167. The Hall–Kier alpha value is -3.78. The first-order valence-electron chi connectivity index (χ1n) is 10.8. The average molecular weight is 496 g/mol. The average Bonchev–Trinajstić information content (AvgIpc) is 3.21. The maximum absolute atomic E-state index is 13.6. The minimum absolute atomic E-state index is 0.0486. The second-order valence-corrected chi connectivity index (χ2v) is 7.47. The van der Waals surface area contributed by atoms with E-state index in [0.29, 0.717) is 22.8 Å². The lowest BCUT2D eigenvalue weighted by Crippen LogP contribution is -2.48. The predicted octanol–water partition coefficient (Wildman–Crippen LogP) is 2.62. The van der Waals surface area contributed by atoms with Crippen LogP contribution in [0, 0.1) is 0 Å². The lowest BCUT2D eigenvalue weighted by Gasteiger charge is -2.23. The molecule has 3 heterocycles. The number of rotatable bonds is 2. The number of benzene rings is 1. The molecule has 0 radical (unpaired) electrons. The Bertz CT molecular complexity index is 1210. The van der Waals surface area contributed by atoms with Crippen molar-refractivity contribution in [3.63, 3.8) is 0 Å². The van der Waals surface area contributed by atoms with Crippen LogP contribution in [0.4, 0.5) is 41.9 Å². The Labute approximate surface area is 199 Å². The largest absolute Gasteiger partial charge is 0.410 e. The number of halogens is 3. The Kier molecular flexibility index (Phi) is 7.55. The Morgan fingerprint density at radius 3 is 2.63 bits per heavy atom. The van der Waals surface area contributed by atoms with Crippen LogP contribution in [0.15, 0.2) is 24.4 Å². The molecule has 0 aliphatic carbocycles. The molecule has 1 aromatic carbocycles. The summed E-state index contributed by atoms with van der Waals surface area (Å²) in [6.45, 7) is 3.03. The van der Waals surface area contributed by atoms with Gasteiger partial charge in [-0.1, -0.05) is 13.8 Å². The van der Waals surface area contributed by atoms with Crippen LogP contribution < -0.4 is 32.5 Å². The molecule has 0 spiro atoms. The third-order valence-electron chi connectivity index (χ3n) is 5.04. The summed E-state index contributed by atoms with van der Waals surface area (Å²) in [5.74, 6) is 5.69. The van der Waals surface area contributed by atoms with Crippen LogP contribution in [0.1, 0.15) is 29.8 Å². The van der Waals surface area contributed by atoms with Gasteiger partial charge >= 0.3 is 6.18 Å². The minimum atomic E-state index is -4.73. The number of nitrogens with zero attached hydrogens (tertiary/aromatic N) is 4. The summed E-state index contributed by atoms with van der Waals surface area (Å²) >= 11 is 0. The van der Waals surface area contributed by atoms with E-state index in [1.165, 1.54) is 9.52 Å². The molecule has 190 valence electrons. The molecule has 1 atom stereocenters. The molecule has 1 aliphatic rings. The van der Waals surface area contributed by atoms with E-state index >= 15 is 0 Å². The summed E-state index contributed by atoms with van der Waals surface area (Å²) in [5, 5.41) is 13.4. The van der Waals surface area contributed by atoms with Crippen LogP contribution >= 0.6 is 0 Å². The third-order valence-corrected chi connectivity index (χ3v) is 5.04. The molecule has 3 aromatic rings. The molecule has 1 aliphatic heterocycles. The van der Waals surface area contributed by atoms with Gasteiger partial charge in [-0.05, 0) is 17.7 Å². The molecule has 0 saturated heterocycles. The van der Waals surface area contributed by atoms with Crippen LogP contribution in [-0.4, -0.2) is 53.4 Å². The van der Waals surface area contributed by atoms with Crippen molar-refractivity contribution < 1.29 is 22.7 Å². The number of alkyl halides is 3. The van der Waals surface area contributed by atoms with Gasteiger partial charge < -0.3 is 31.4 Å². The van der Waals surface area contributed by atoms with E-state index in [4.69, 9.17) is 16.3 Å². The highest BCUT2D eigenvalue weighted by molar-refractivity contribution is 6.00. The fourth-order valence-corrected chi connectivity index (χ4v) is 3.54. The van der Waals surface area contributed by atoms with Crippen molar-refractivity contribution in [2.24, 2.45) is 5.84 Å². The van der Waals surface area contributed by atoms with Gasteiger partial charge in [-0.25, -0.2) is 10.8 Å². The van der Waals surface area contributed by atoms with Crippen LogP contribution in [0.25, 0.3) is 5.65 Å². The number of hydrazine groups is 1. The van der Waals surface area contributed by atoms with E-state index in [1.54, 1.807) is 32.3 Å². The predicted molar refractivity (Wildman–Crippen MR) is 128 cm³/mol. The number of carbonyl (C=O) groups excluding carboxylic acids is 1. The lowest BCUT2D eigenvalue weighted by atomic mass is 10.1. The van der Waals surface area contributed by atoms with Gasteiger partial charge in [0.05, 0.1) is 36.5 Å². The molecule has 1 amide bonds. The Morgan fingerprint density at radius 1 is 1.29 bits per heavy atom. The number of aromatic nitrogens is 3. The van der Waals surface area contributed by atoms with E-state index in [-0.39, 0.29) is 29.3 Å². The van der Waals surface area contributed by atoms with Crippen molar-refractivity contribution in [3.8, 4) is 0 Å². The van der Waals surface area contributed by atoms with E-state index in [2.05, 4.69) is 20.7 Å². The maximum atomic E-state index is 13.6. The highest BCUT2D eigenvalue weighted by Gasteiger charge is 2.41. The molecule has 4 bridgehead atoms. The molecular weight excluding hydrogens is 467 g/mol. The molecule has 1 unspecified atom stereocenters. The zero-order valence-corrected chi connectivity index (χ0v) is 19.7. The first kappa shape index (κ1) is 25.8. The summed E-state index contributed by atoms with van der Waals surface area (Å²) in [6.07, 6.45) is -3.58. The number of hydrogen-bond donors (Lipinski definition) is 5. The summed E-state index contributed by atoms with van der Waals surface area (Å²) in [7, 11) is 3.22. The van der Waals surface area contributed by atoms with E-state index in [1.807, 2.05) is 19.2 Å². The number of hydrogen-bond acceptors (Lipinski definition) is 9. The first-order valence-corrected chi connectivity index (χ1v) is 10.8. The van der Waals surface area contributed by atoms with Crippen molar-refractivity contribution in [3.05, 3.63) is 35.5 Å². The number of amides is 1. The summed E-state index contributed by atoms with van der Waals surface area (Å²) in [6, 6.07) is 2.59. The highest BCUT2D eigenvalue weighted by Crippen LogP contribution is 2.35. The van der Waals surface area contributed by atoms with Crippen molar-refractivity contribution >= 4 is 40.3 Å². The van der Waals surface area contributed by atoms with Crippen molar-refractivity contribution in [2.75, 3.05) is 42.1 Å². The molecular formula is C21H28F3N9O2. The third kappa shape index (κ3) is 5.33. The second-order valence-electron chi connectivity index (χ2n) is 7.47. The van der Waals surface area contributed by atoms with Gasteiger partial charge in [0, 0.05) is 20.2 Å². The fraction of sp³-hybridized carbons (Fsp3) is 0.381. The van der Waals surface area contributed by atoms with Crippen LogP contribution in [0.3, 0.4) is 0 Å². The van der Waals surface area contributed by atoms with E-state index in [9.17, 15) is 18.0 Å². The monoisotopic (exact) mass is 495 g/mol. The van der Waals surface area contributed by atoms with Gasteiger partial charge in [0.15, 0.2) is 5.65 Å². The first-order chi connectivity index (χ1) is 16.6. The summed E-state index contributed by atoms with van der Waals surface area (Å²) in [5.41, 5.74) is 7.76. The molecule has 0 saturated carbocycles. The van der Waals surface area contributed by atoms with E-state index in [0.717, 1.165) is 6.20 Å². The summed E-state index contributed by atoms with van der Waals surface area (Å²) < 4.78 is 47.3. The van der Waals surface area contributed by atoms with Gasteiger partial charge in [-0.3, -0.25) is 4.79 Å². The van der Waals surface area contributed by atoms with Gasteiger partial charge in [0.25, 0.3) is 5.91 Å². The molecule has 35 heavy (non-hydrogen) atoms. The molecule has 14 heteroatoms. The molecule has 7 N–H and O–H groups in total. The molecule has 11 nitrogen and oxygen atoms in total. The molecule has 0 fully saturated rings. The van der Waals surface area contributed by atoms with E-state index < -0.39 is 24.7 Å². The number of nitrogens with two attached hydrogens (primary N) is 2. The smallest absolute Gasteiger partial charge is 0.397 e. The Morgan fingerprint density at radius 2 is 2.00 bits per heavy atom. The number of nitrogen functional groups attached to an aromatic ring is 1. The minimum Gasteiger partial charge on any atom is -0.397 e. The normalized spacial score (nSPS) is 16.0. The fourth-order valence-electron chi connectivity index (χ4n) is 3.54. The second kappa shape index (κ2) is 10.2. The van der Waals surface area contributed by atoms with Gasteiger partial charge in [-0.15, -0.1) is 0 Å². The highest BCUT2D eigenvalue weighted by atomic mass is 19.4. The SMILES string of the molecule is CC.CNc1cc2nc3c(cnn13)C(=O)NC(C(F)(F)F)COCc1cc(N)c(N(C)N)c(c1)N2. The molecule has 2 aromatic heterocycles. The zero-order chi connectivity index (χ0) is 25.9. The zero-order valence-electron chi connectivity index (χ0n) is 19.7. The lowest BCUT2D eigenvalue weighted by molar-refractivity contribution is -0.166. The van der Waals surface area contributed by atoms with Gasteiger partial charge in [0.2, 0.25) is 0 Å². The number of fused-ring (bicyclic) bond motifs is 3. The quantitative estimate of drug-likeness (QED) is 0.206. The number of nitrogens with one attached hydrogen (secondary N) is 3. The standard InChI is InChI=1S/C19H22F3N9O2.C2H6/c1-25-15-5-14-27-12-4-9(3-11(23)16(12)30(2)24)7-33-8-13(19(20,21)22)28-18(32)10-6-26-31(15)17(10)29-14;1-2/h3-6,13,25H,7-8,23-24H2,1-2H3,(H,27,29)(H,28,32);1-2H3. The molecule has 4 rings (SSSR count). The van der Waals surface area contributed by atoms with Crippen molar-refractivity contribution in [1.82, 2.24) is 19.9 Å². The number of ether oxygens (including phenoxy) is 1. The van der Waals surface area contributed by atoms with Crippen molar-refractivity contribution in [2.45, 2.75) is 32.7 Å². The number of carbonyl (C=O) groups is 1. The summed E-state index contributed by atoms with van der Waals surface area (Å²) in [4.78, 5) is 17.1. The van der Waals surface area contributed by atoms with Crippen LogP contribution in [0.5, 0.6) is 0 Å².